The van der Waals surface area contributed by atoms with E-state index in [1.807, 2.05) is 12.2 Å². The van der Waals surface area contributed by atoms with Gasteiger partial charge in [-0.15, -0.1) is 0 Å². The van der Waals surface area contributed by atoms with Crippen LogP contribution in [0.1, 0.15) is 47.2 Å². The van der Waals surface area contributed by atoms with Gasteiger partial charge in [-0.3, -0.25) is 0 Å². The predicted octanol–water partition coefficient (Wildman–Crippen LogP) is 16.3. The van der Waals surface area contributed by atoms with E-state index in [-0.39, 0.29) is 0 Å². The summed E-state index contributed by atoms with van der Waals surface area (Å²) in [6.07, 6.45) is 12.4. The van der Waals surface area contributed by atoms with Crippen molar-refractivity contribution in [1.82, 2.24) is 15.0 Å². The first kappa shape index (κ1) is 41.4. The topological polar surface area (TPSA) is 38.7 Å². The molecule has 9 aromatic rings. The summed E-state index contributed by atoms with van der Waals surface area (Å²) in [6, 6.07) is 68.3. The molecule has 13 rings (SSSR count). The molecule has 2 spiro atoms. The monoisotopic (exact) mass is 893 g/mol. The highest BCUT2D eigenvalue weighted by Gasteiger charge is 2.54. The quantitative estimate of drug-likeness (QED) is 0.143. The van der Waals surface area contributed by atoms with Gasteiger partial charge < -0.3 is 0 Å². The Kier molecular flexibility index (Phi) is 9.41. The molecule has 8 aromatic carbocycles. The number of hydrogen-bond acceptors (Lipinski definition) is 3. The lowest BCUT2D eigenvalue weighted by atomic mass is 9.68. The van der Waals surface area contributed by atoms with Crippen LogP contribution in [0.25, 0.3) is 78.7 Å². The van der Waals surface area contributed by atoms with Crippen LogP contribution in [-0.2, 0) is 10.8 Å². The lowest BCUT2D eigenvalue weighted by Crippen LogP contribution is -2.27. The fourth-order valence-electron chi connectivity index (χ4n) is 12.6. The zero-order valence-corrected chi connectivity index (χ0v) is 39.1. The smallest absolute Gasteiger partial charge is 0.164 e. The van der Waals surface area contributed by atoms with Crippen molar-refractivity contribution in [3.8, 4) is 78.7 Å². The van der Waals surface area contributed by atoms with Crippen LogP contribution < -0.4 is 0 Å². The number of hydrogen-bond donors (Lipinski definition) is 0. The van der Waals surface area contributed by atoms with Crippen LogP contribution >= 0.6 is 0 Å². The largest absolute Gasteiger partial charge is 0.208 e. The molecule has 70 heavy (non-hydrogen) atoms. The van der Waals surface area contributed by atoms with Gasteiger partial charge in [-0.05, 0) is 114 Å². The number of rotatable bonds is 8. The van der Waals surface area contributed by atoms with Gasteiger partial charge in [0.15, 0.2) is 17.5 Å². The Bertz CT molecular complexity index is 3740. The molecule has 0 N–H and O–H groups in total. The molecular weight excluding hydrogens is 847 g/mol. The zero-order valence-electron chi connectivity index (χ0n) is 39.1. The Morgan fingerprint density at radius 1 is 0.329 bits per heavy atom. The summed E-state index contributed by atoms with van der Waals surface area (Å²) in [5, 5.41) is 0. The highest BCUT2D eigenvalue weighted by Crippen LogP contribution is 2.65. The molecule has 1 heterocycles. The van der Waals surface area contributed by atoms with E-state index >= 15 is 0 Å². The van der Waals surface area contributed by atoms with Crippen LogP contribution in [0.5, 0.6) is 0 Å². The normalized spacial score (nSPS) is 15.1. The van der Waals surface area contributed by atoms with Crippen molar-refractivity contribution >= 4 is 0 Å². The van der Waals surface area contributed by atoms with Crippen molar-refractivity contribution in [1.29, 1.82) is 0 Å². The second-order valence-corrected chi connectivity index (χ2v) is 18.7. The van der Waals surface area contributed by atoms with Crippen molar-refractivity contribution in [2.75, 3.05) is 0 Å². The summed E-state index contributed by atoms with van der Waals surface area (Å²) in [5.41, 5.74) is 23.7. The van der Waals surface area contributed by atoms with Gasteiger partial charge in [0.25, 0.3) is 0 Å². The molecule has 0 fully saturated rings. The van der Waals surface area contributed by atoms with E-state index in [2.05, 4.69) is 239 Å². The number of allylic oxidation sites excluding steroid dienone is 10. The van der Waals surface area contributed by atoms with E-state index in [0.29, 0.717) is 17.5 Å². The molecule has 330 valence electrons. The molecule has 0 atom stereocenters. The molecule has 4 aliphatic rings. The molecule has 3 heteroatoms. The summed E-state index contributed by atoms with van der Waals surface area (Å²) in [6.45, 7) is 12.7. The molecule has 0 saturated carbocycles. The van der Waals surface area contributed by atoms with E-state index in [9.17, 15) is 0 Å². The van der Waals surface area contributed by atoms with Gasteiger partial charge in [-0.1, -0.05) is 238 Å². The minimum Gasteiger partial charge on any atom is -0.208 e. The molecule has 0 bridgehead atoms. The Morgan fingerprint density at radius 3 is 1.19 bits per heavy atom. The van der Waals surface area contributed by atoms with Gasteiger partial charge in [0, 0.05) is 16.7 Å². The van der Waals surface area contributed by atoms with E-state index in [1.165, 1.54) is 72.4 Å². The molecule has 0 amide bonds. The Morgan fingerprint density at radius 2 is 0.686 bits per heavy atom. The van der Waals surface area contributed by atoms with E-state index < -0.39 is 10.8 Å². The summed E-state index contributed by atoms with van der Waals surface area (Å²) < 4.78 is 0. The van der Waals surface area contributed by atoms with Crippen LogP contribution in [0.15, 0.2) is 260 Å². The molecule has 0 radical (unpaired) electrons. The number of fused-ring (bicyclic) bond motifs is 15. The van der Waals surface area contributed by atoms with Crippen molar-refractivity contribution in [3.63, 3.8) is 0 Å². The van der Waals surface area contributed by atoms with Crippen molar-refractivity contribution < 1.29 is 0 Å². The van der Waals surface area contributed by atoms with Crippen LogP contribution in [0, 0.1) is 0 Å². The Hall–Kier alpha value is -8.79. The summed E-state index contributed by atoms with van der Waals surface area (Å²) >= 11 is 0. The maximum Gasteiger partial charge on any atom is 0.164 e. The third kappa shape index (κ3) is 5.60. The molecule has 0 unspecified atom stereocenters. The second-order valence-electron chi connectivity index (χ2n) is 18.7. The fourth-order valence-corrected chi connectivity index (χ4v) is 12.6. The van der Waals surface area contributed by atoms with Crippen molar-refractivity contribution in [3.05, 3.63) is 293 Å². The van der Waals surface area contributed by atoms with E-state index in [4.69, 9.17) is 15.0 Å². The van der Waals surface area contributed by atoms with Gasteiger partial charge in [0.1, 0.15) is 0 Å². The molecule has 3 nitrogen and oxygen atoms in total. The van der Waals surface area contributed by atoms with Gasteiger partial charge in [-0.2, -0.15) is 0 Å². The van der Waals surface area contributed by atoms with Crippen LogP contribution in [-0.4, -0.2) is 15.0 Å². The molecule has 4 aliphatic carbocycles. The third-order valence-corrected chi connectivity index (χ3v) is 15.4. The average Bonchev–Trinajstić information content (AvgIpc) is 4.08. The lowest BCUT2D eigenvalue weighted by molar-refractivity contribution is 0.777. The van der Waals surface area contributed by atoms with Crippen molar-refractivity contribution in [2.45, 2.75) is 24.7 Å². The van der Waals surface area contributed by atoms with Gasteiger partial charge in [0.05, 0.1) is 10.8 Å². The molecule has 0 saturated heterocycles. The number of aromatic nitrogens is 3. The highest BCUT2D eigenvalue weighted by molar-refractivity contribution is 6.00. The minimum atomic E-state index is -0.590. The third-order valence-electron chi connectivity index (χ3n) is 15.4. The summed E-state index contributed by atoms with van der Waals surface area (Å²) in [4.78, 5) is 16.7. The predicted molar refractivity (Wildman–Crippen MR) is 288 cm³/mol. The number of nitrogens with zero attached hydrogens (tertiary/aromatic N) is 3. The fraction of sp³-hybridized carbons (Fsp3) is 0.0597. The maximum absolute atomic E-state index is 5.65. The molecule has 1 aromatic heterocycles. The van der Waals surface area contributed by atoms with Gasteiger partial charge in [-0.25, -0.2) is 15.0 Å². The Balaban J connectivity index is 1.09. The van der Waals surface area contributed by atoms with Crippen LogP contribution in [0.2, 0.25) is 0 Å². The summed E-state index contributed by atoms with van der Waals surface area (Å²) in [5.74, 6) is 1.87. The van der Waals surface area contributed by atoms with Crippen molar-refractivity contribution in [2.24, 2.45) is 0 Å². The standard InChI is InChI=1S/C67H47N3/c1-5-7-30-53-42(3)43(4)54(31-8-6-2)66(53)57-34-18-14-26-49(57)61-51(28-20-36-59(61)66)64-68-63(46-40-38-45(39-41-46)44-22-10-9-11-23-44)69-65(70-64)52-29-21-37-60-62(52)50-27-15-19-35-58(50)67(60)55-32-16-12-24-47(55)48-25-13-17-33-56(48)67/h5-41H,1-2H2,3-4H3/b30-7-,31-8-. The first-order valence-electron chi connectivity index (χ1n) is 24.1. The van der Waals surface area contributed by atoms with Crippen LogP contribution in [0.4, 0.5) is 0 Å². The summed E-state index contributed by atoms with van der Waals surface area (Å²) in [7, 11) is 0. The second kappa shape index (κ2) is 15.9. The lowest BCUT2D eigenvalue weighted by Gasteiger charge is -2.33. The average molecular weight is 894 g/mol. The molecular formula is C67H47N3. The van der Waals surface area contributed by atoms with Gasteiger partial charge >= 0.3 is 0 Å². The minimum absolute atomic E-state index is 0.506. The van der Waals surface area contributed by atoms with Gasteiger partial charge in [0.2, 0.25) is 0 Å². The van der Waals surface area contributed by atoms with Crippen LogP contribution in [0.3, 0.4) is 0 Å². The highest BCUT2D eigenvalue weighted by atomic mass is 15.0. The first-order chi connectivity index (χ1) is 34.5. The number of benzene rings is 8. The van der Waals surface area contributed by atoms with E-state index in [0.717, 1.165) is 44.5 Å². The van der Waals surface area contributed by atoms with E-state index in [1.54, 1.807) is 0 Å². The zero-order chi connectivity index (χ0) is 47.1. The molecule has 0 aliphatic heterocycles. The maximum atomic E-state index is 5.65. The SMILES string of the molecule is C=C/C=C\C1=C(C)C(C)=C(/C=C\C=C)C12c1ccccc1-c1c(-c3nc(-c4ccc(-c5ccccc5)cc4)nc(-c4cccc5c4-c4ccccc4C54c5ccccc5-c5ccccc54)n3)cccc12. The Labute approximate surface area is 409 Å². The first-order valence-corrected chi connectivity index (χ1v) is 24.1.